The summed E-state index contributed by atoms with van der Waals surface area (Å²) in [5.41, 5.74) is 2.35. The van der Waals surface area contributed by atoms with E-state index in [1.807, 2.05) is 18.2 Å². The highest BCUT2D eigenvalue weighted by Gasteiger charge is 1.99. The molecule has 2 N–H and O–H groups in total. The molecule has 0 saturated carbocycles. The Morgan fingerprint density at radius 2 is 1.88 bits per heavy atom. The zero-order chi connectivity index (χ0) is 16.3. The largest absolute Gasteiger partial charge is 0.380 e. The average Bonchev–Trinajstić information content (AvgIpc) is 3.07. The number of ether oxygens (including phenoxy) is 1. The Hall–Kier alpha value is -1.54. The third-order valence-electron chi connectivity index (χ3n) is 3.40. The van der Waals surface area contributed by atoms with Crippen LogP contribution < -0.4 is 10.6 Å². The first-order chi connectivity index (χ1) is 11.3. The fraction of sp³-hybridized carbons (Fsp3) is 0.389. The number of aliphatic imine (C=N–C) groups is 1. The molecule has 0 unspecified atom stereocenters. The zero-order valence-electron chi connectivity index (χ0n) is 14.4. The van der Waals surface area contributed by atoms with E-state index in [0.717, 1.165) is 25.6 Å². The van der Waals surface area contributed by atoms with Gasteiger partial charge in [0.1, 0.15) is 0 Å². The summed E-state index contributed by atoms with van der Waals surface area (Å²) in [6, 6.07) is 12.4. The summed E-state index contributed by atoms with van der Waals surface area (Å²) in [6.45, 7) is 5.95. The van der Waals surface area contributed by atoms with Gasteiger partial charge in [-0.05, 0) is 30.2 Å². The minimum atomic E-state index is 0. The van der Waals surface area contributed by atoms with Crippen molar-refractivity contribution < 1.29 is 4.74 Å². The lowest BCUT2D eigenvalue weighted by Crippen LogP contribution is -2.38. The maximum atomic E-state index is 5.17. The summed E-state index contributed by atoms with van der Waals surface area (Å²) in [5, 5.41) is 6.64. The molecule has 0 fully saturated rings. The number of aromatic nitrogens is 1. The van der Waals surface area contributed by atoms with Crippen LogP contribution in [-0.2, 0) is 24.4 Å². The monoisotopic (exact) mass is 442 g/mol. The summed E-state index contributed by atoms with van der Waals surface area (Å²) >= 11 is 0. The molecule has 0 aliphatic carbocycles. The molecule has 5 nitrogen and oxygen atoms in total. The molecule has 0 bridgehead atoms. The molecule has 0 aliphatic heterocycles. The third-order valence-corrected chi connectivity index (χ3v) is 3.40. The van der Waals surface area contributed by atoms with Crippen molar-refractivity contribution in [3.8, 4) is 0 Å². The fourth-order valence-corrected chi connectivity index (χ4v) is 2.32. The van der Waals surface area contributed by atoms with Crippen LogP contribution in [0, 0.1) is 0 Å². The standard InChI is InChI=1S/C18H26N4O.HI/c1-3-19-18(20-9-12-22-10-4-5-11-22)21-14-16-7-6-8-17(13-16)15-23-2;/h4-8,10-11,13H,3,9,12,14-15H2,1-2H3,(H2,19,20,21);1H. The third kappa shape index (κ3) is 7.35. The van der Waals surface area contributed by atoms with Crippen molar-refractivity contribution in [2.75, 3.05) is 20.2 Å². The average molecular weight is 442 g/mol. The first-order valence-corrected chi connectivity index (χ1v) is 8.01. The number of hydrogen-bond acceptors (Lipinski definition) is 2. The lowest BCUT2D eigenvalue weighted by molar-refractivity contribution is 0.185. The maximum Gasteiger partial charge on any atom is 0.191 e. The molecule has 0 amide bonds. The van der Waals surface area contributed by atoms with Gasteiger partial charge in [-0.2, -0.15) is 0 Å². The minimum Gasteiger partial charge on any atom is -0.380 e. The lowest BCUT2D eigenvalue weighted by Gasteiger charge is -2.12. The minimum absolute atomic E-state index is 0. The Labute approximate surface area is 161 Å². The lowest BCUT2D eigenvalue weighted by atomic mass is 10.1. The zero-order valence-corrected chi connectivity index (χ0v) is 16.7. The highest BCUT2D eigenvalue weighted by atomic mass is 127. The van der Waals surface area contributed by atoms with Crippen molar-refractivity contribution >= 4 is 29.9 Å². The van der Waals surface area contributed by atoms with Gasteiger partial charge in [-0.1, -0.05) is 24.3 Å². The van der Waals surface area contributed by atoms with Crippen molar-refractivity contribution in [3.63, 3.8) is 0 Å². The summed E-state index contributed by atoms with van der Waals surface area (Å²) in [4.78, 5) is 4.65. The summed E-state index contributed by atoms with van der Waals surface area (Å²) in [7, 11) is 1.71. The fourth-order valence-electron chi connectivity index (χ4n) is 2.32. The van der Waals surface area contributed by atoms with E-state index in [2.05, 4.69) is 57.7 Å². The van der Waals surface area contributed by atoms with Crippen molar-refractivity contribution in [2.45, 2.75) is 26.6 Å². The SMILES string of the molecule is CCNC(=NCc1cccc(COC)c1)NCCn1cccc1.I. The van der Waals surface area contributed by atoms with Crippen LogP contribution >= 0.6 is 24.0 Å². The molecule has 0 saturated heterocycles. The number of hydrogen-bond donors (Lipinski definition) is 2. The van der Waals surface area contributed by atoms with Gasteiger partial charge in [0.2, 0.25) is 0 Å². The molecule has 0 spiro atoms. The van der Waals surface area contributed by atoms with Crippen LogP contribution in [0.1, 0.15) is 18.1 Å². The van der Waals surface area contributed by atoms with Gasteiger partial charge < -0.3 is 19.9 Å². The highest BCUT2D eigenvalue weighted by molar-refractivity contribution is 14.0. The van der Waals surface area contributed by atoms with Gasteiger partial charge in [-0.3, -0.25) is 0 Å². The van der Waals surface area contributed by atoms with E-state index in [1.54, 1.807) is 7.11 Å². The molecular weight excluding hydrogens is 415 g/mol. The van der Waals surface area contributed by atoms with Gasteiger partial charge in [0, 0.05) is 39.1 Å². The van der Waals surface area contributed by atoms with Crippen LogP contribution in [0.25, 0.3) is 0 Å². The molecular formula is C18H27IN4O. The molecule has 24 heavy (non-hydrogen) atoms. The van der Waals surface area contributed by atoms with Crippen LogP contribution in [0.15, 0.2) is 53.8 Å². The molecule has 6 heteroatoms. The number of nitrogens with zero attached hydrogens (tertiary/aromatic N) is 2. The molecule has 0 aliphatic rings. The van der Waals surface area contributed by atoms with Gasteiger partial charge in [0.15, 0.2) is 5.96 Å². The predicted octanol–water partition coefficient (Wildman–Crippen LogP) is 3.01. The van der Waals surface area contributed by atoms with E-state index >= 15 is 0 Å². The Morgan fingerprint density at radius 1 is 1.12 bits per heavy atom. The molecule has 1 heterocycles. The first-order valence-electron chi connectivity index (χ1n) is 8.01. The highest BCUT2D eigenvalue weighted by Crippen LogP contribution is 2.07. The second-order valence-corrected chi connectivity index (χ2v) is 5.30. The first kappa shape index (κ1) is 20.5. The van der Waals surface area contributed by atoms with Gasteiger partial charge in [0.25, 0.3) is 0 Å². The smallest absolute Gasteiger partial charge is 0.191 e. The van der Waals surface area contributed by atoms with Gasteiger partial charge in [-0.15, -0.1) is 24.0 Å². The normalized spacial score (nSPS) is 11.0. The quantitative estimate of drug-likeness (QED) is 0.376. The van der Waals surface area contributed by atoms with E-state index in [9.17, 15) is 0 Å². The summed E-state index contributed by atoms with van der Waals surface area (Å²) < 4.78 is 7.32. The molecule has 1 aromatic heterocycles. The van der Waals surface area contributed by atoms with Crippen molar-refractivity contribution in [1.29, 1.82) is 0 Å². The Kier molecular flexibility index (Phi) is 10.2. The van der Waals surface area contributed by atoms with Gasteiger partial charge >= 0.3 is 0 Å². The van der Waals surface area contributed by atoms with E-state index < -0.39 is 0 Å². The predicted molar refractivity (Wildman–Crippen MR) is 110 cm³/mol. The number of benzene rings is 1. The van der Waals surface area contributed by atoms with E-state index in [-0.39, 0.29) is 24.0 Å². The molecule has 2 aromatic rings. The topological polar surface area (TPSA) is 50.6 Å². The van der Waals surface area contributed by atoms with Crippen molar-refractivity contribution in [1.82, 2.24) is 15.2 Å². The Balaban J connectivity index is 0.00000288. The second-order valence-electron chi connectivity index (χ2n) is 5.30. The van der Waals surface area contributed by atoms with E-state index in [4.69, 9.17) is 4.74 Å². The molecule has 132 valence electrons. The maximum absolute atomic E-state index is 5.17. The number of rotatable bonds is 8. The summed E-state index contributed by atoms with van der Waals surface area (Å²) in [5.74, 6) is 0.844. The van der Waals surface area contributed by atoms with E-state index in [0.29, 0.717) is 13.2 Å². The number of guanidine groups is 1. The Morgan fingerprint density at radius 3 is 2.58 bits per heavy atom. The number of nitrogens with one attached hydrogen (secondary N) is 2. The van der Waals surface area contributed by atoms with Crippen LogP contribution in [0.2, 0.25) is 0 Å². The van der Waals surface area contributed by atoms with Crippen LogP contribution in [0.4, 0.5) is 0 Å². The molecule has 1 aromatic carbocycles. The van der Waals surface area contributed by atoms with Gasteiger partial charge in [0.05, 0.1) is 13.2 Å². The number of halogens is 1. The van der Waals surface area contributed by atoms with Gasteiger partial charge in [-0.25, -0.2) is 4.99 Å². The van der Waals surface area contributed by atoms with Crippen LogP contribution in [0.3, 0.4) is 0 Å². The number of methoxy groups -OCH3 is 1. The van der Waals surface area contributed by atoms with E-state index in [1.165, 1.54) is 11.1 Å². The molecule has 0 radical (unpaired) electrons. The molecule has 0 atom stereocenters. The Bertz CT molecular complexity index is 599. The summed E-state index contributed by atoms with van der Waals surface area (Å²) in [6.07, 6.45) is 4.13. The molecule has 2 rings (SSSR count). The van der Waals surface area contributed by atoms with Crippen molar-refractivity contribution in [2.24, 2.45) is 4.99 Å². The second kappa shape index (κ2) is 11.9. The van der Waals surface area contributed by atoms with Crippen LogP contribution in [-0.4, -0.2) is 30.7 Å². The van der Waals surface area contributed by atoms with Crippen LogP contribution in [0.5, 0.6) is 0 Å². The van der Waals surface area contributed by atoms with Crippen molar-refractivity contribution in [3.05, 3.63) is 59.9 Å².